The SMILES string of the molecule is CC(=O)COc1c(C#N)oc2ccccc12. The van der Waals surface area contributed by atoms with Gasteiger partial charge in [-0.1, -0.05) is 12.1 Å². The zero-order valence-electron chi connectivity index (χ0n) is 8.69. The van der Waals surface area contributed by atoms with Crippen LogP contribution in [0.4, 0.5) is 0 Å². The molecule has 1 aromatic heterocycles. The van der Waals surface area contributed by atoms with Crippen molar-refractivity contribution in [3.05, 3.63) is 30.0 Å². The average Bonchev–Trinajstić information content (AvgIpc) is 2.64. The second-order valence-electron chi connectivity index (χ2n) is 3.36. The molecular formula is C12H9NO3. The Balaban J connectivity index is 2.48. The summed E-state index contributed by atoms with van der Waals surface area (Å²) in [6.07, 6.45) is 0. The predicted octanol–water partition coefficient (Wildman–Crippen LogP) is 2.27. The number of carbonyl (C=O) groups is 1. The molecule has 2 aromatic rings. The maximum atomic E-state index is 10.8. The number of nitriles is 1. The number of fused-ring (bicyclic) bond motifs is 1. The van der Waals surface area contributed by atoms with Crippen LogP contribution in [0.15, 0.2) is 28.7 Å². The summed E-state index contributed by atoms with van der Waals surface area (Å²) in [6.45, 7) is 1.37. The van der Waals surface area contributed by atoms with Crippen LogP contribution in [0.1, 0.15) is 12.7 Å². The molecule has 0 aliphatic carbocycles. The standard InChI is InChI=1S/C12H9NO3/c1-8(14)7-15-12-9-4-2-3-5-10(9)16-11(12)6-13/h2-5H,7H2,1H3. The van der Waals surface area contributed by atoms with E-state index in [0.717, 1.165) is 0 Å². The molecule has 1 heterocycles. The lowest BCUT2D eigenvalue weighted by Gasteiger charge is -2.00. The molecule has 0 bridgehead atoms. The van der Waals surface area contributed by atoms with E-state index in [1.54, 1.807) is 12.1 Å². The van der Waals surface area contributed by atoms with E-state index in [1.165, 1.54) is 6.92 Å². The van der Waals surface area contributed by atoms with Gasteiger partial charge < -0.3 is 9.15 Å². The van der Waals surface area contributed by atoms with E-state index >= 15 is 0 Å². The summed E-state index contributed by atoms with van der Waals surface area (Å²) in [7, 11) is 0. The number of nitrogens with zero attached hydrogens (tertiary/aromatic N) is 1. The molecule has 0 aliphatic heterocycles. The van der Waals surface area contributed by atoms with E-state index in [4.69, 9.17) is 14.4 Å². The van der Waals surface area contributed by atoms with Crippen LogP contribution in [0, 0.1) is 11.3 Å². The lowest BCUT2D eigenvalue weighted by Crippen LogP contribution is -2.06. The fourth-order valence-corrected chi connectivity index (χ4v) is 1.41. The highest BCUT2D eigenvalue weighted by Crippen LogP contribution is 2.32. The predicted molar refractivity (Wildman–Crippen MR) is 57.1 cm³/mol. The summed E-state index contributed by atoms with van der Waals surface area (Å²) in [4.78, 5) is 10.8. The van der Waals surface area contributed by atoms with Gasteiger partial charge >= 0.3 is 0 Å². The third-order valence-electron chi connectivity index (χ3n) is 2.07. The first kappa shape index (κ1) is 10.2. The van der Waals surface area contributed by atoms with Crippen molar-refractivity contribution >= 4 is 16.8 Å². The minimum Gasteiger partial charge on any atom is -0.480 e. The Bertz CT molecular complexity index is 577. The summed E-state index contributed by atoms with van der Waals surface area (Å²) in [5.41, 5.74) is 0.581. The zero-order valence-corrected chi connectivity index (χ0v) is 8.69. The number of hydrogen-bond acceptors (Lipinski definition) is 4. The Morgan fingerprint density at radius 2 is 2.25 bits per heavy atom. The minimum atomic E-state index is -0.103. The number of benzene rings is 1. The topological polar surface area (TPSA) is 63.2 Å². The zero-order chi connectivity index (χ0) is 11.5. The molecule has 0 saturated heterocycles. The Hall–Kier alpha value is -2.28. The number of ether oxygens (including phenoxy) is 1. The van der Waals surface area contributed by atoms with Gasteiger partial charge in [-0.15, -0.1) is 0 Å². The summed E-state index contributed by atoms with van der Waals surface area (Å²) < 4.78 is 10.6. The number of hydrogen-bond donors (Lipinski definition) is 0. The van der Waals surface area contributed by atoms with Crippen molar-refractivity contribution in [1.29, 1.82) is 5.26 Å². The van der Waals surface area contributed by atoms with Crippen LogP contribution in [0.2, 0.25) is 0 Å². The molecule has 0 unspecified atom stereocenters. The van der Waals surface area contributed by atoms with Crippen molar-refractivity contribution < 1.29 is 13.9 Å². The van der Waals surface area contributed by atoms with Crippen molar-refractivity contribution in [1.82, 2.24) is 0 Å². The third-order valence-corrected chi connectivity index (χ3v) is 2.07. The monoisotopic (exact) mass is 215 g/mol. The molecular weight excluding hydrogens is 206 g/mol. The molecule has 0 amide bonds. The Kier molecular flexibility index (Phi) is 2.61. The summed E-state index contributed by atoms with van der Waals surface area (Å²) >= 11 is 0. The van der Waals surface area contributed by atoms with Crippen molar-refractivity contribution in [3.63, 3.8) is 0 Å². The highest BCUT2D eigenvalue weighted by atomic mass is 16.5. The van der Waals surface area contributed by atoms with Gasteiger partial charge in [-0.2, -0.15) is 5.26 Å². The van der Waals surface area contributed by atoms with E-state index in [2.05, 4.69) is 0 Å². The van der Waals surface area contributed by atoms with Crippen molar-refractivity contribution in [2.75, 3.05) is 6.61 Å². The van der Waals surface area contributed by atoms with Crippen LogP contribution in [0.5, 0.6) is 5.75 Å². The van der Waals surface area contributed by atoms with Crippen LogP contribution in [-0.2, 0) is 4.79 Å². The number of rotatable bonds is 3. The first-order chi connectivity index (χ1) is 7.72. The van der Waals surface area contributed by atoms with Crippen LogP contribution in [0.25, 0.3) is 11.0 Å². The lowest BCUT2D eigenvalue weighted by molar-refractivity contribution is -0.118. The Morgan fingerprint density at radius 1 is 1.50 bits per heavy atom. The first-order valence-corrected chi connectivity index (χ1v) is 4.76. The van der Waals surface area contributed by atoms with E-state index in [1.807, 2.05) is 18.2 Å². The summed E-state index contributed by atoms with van der Waals surface area (Å²) in [5.74, 6) is 0.338. The van der Waals surface area contributed by atoms with Gasteiger partial charge in [0.15, 0.2) is 11.5 Å². The van der Waals surface area contributed by atoms with Gasteiger partial charge in [0.2, 0.25) is 5.76 Å². The molecule has 0 radical (unpaired) electrons. The minimum absolute atomic E-state index is 0.0573. The number of para-hydroxylation sites is 1. The van der Waals surface area contributed by atoms with E-state index < -0.39 is 0 Å². The molecule has 16 heavy (non-hydrogen) atoms. The second-order valence-corrected chi connectivity index (χ2v) is 3.36. The smallest absolute Gasteiger partial charge is 0.246 e. The van der Waals surface area contributed by atoms with Crippen LogP contribution >= 0.6 is 0 Å². The molecule has 0 spiro atoms. The summed E-state index contributed by atoms with van der Waals surface area (Å²) in [6, 6.07) is 9.07. The van der Waals surface area contributed by atoms with E-state index in [0.29, 0.717) is 16.7 Å². The van der Waals surface area contributed by atoms with Crippen molar-refractivity contribution in [2.45, 2.75) is 6.92 Å². The van der Waals surface area contributed by atoms with Gasteiger partial charge in [-0.25, -0.2) is 0 Å². The molecule has 0 N–H and O–H groups in total. The molecule has 0 saturated carbocycles. The number of furan rings is 1. The molecule has 0 atom stereocenters. The highest BCUT2D eigenvalue weighted by Gasteiger charge is 2.15. The van der Waals surface area contributed by atoms with E-state index in [-0.39, 0.29) is 18.2 Å². The molecule has 80 valence electrons. The fraction of sp³-hybridized carbons (Fsp3) is 0.167. The molecule has 2 rings (SSSR count). The maximum absolute atomic E-state index is 10.8. The van der Waals surface area contributed by atoms with Gasteiger partial charge in [-0.3, -0.25) is 4.79 Å². The van der Waals surface area contributed by atoms with Crippen molar-refractivity contribution in [2.24, 2.45) is 0 Å². The van der Waals surface area contributed by atoms with Crippen LogP contribution < -0.4 is 4.74 Å². The number of Topliss-reactive ketones (excluding diaryl/α,β-unsaturated/α-hetero) is 1. The molecule has 1 aromatic carbocycles. The normalized spacial score (nSPS) is 10.0. The third kappa shape index (κ3) is 1.75. The van der Waals surface area contributed by atoms with Crippen LogP contribution in [-0.4, -0.2) is 12.4 Å². The molecule has 4 heteroatoms. The fourth-order valence-electron chi connectivity index (χ4n) is 1.41. The molecule has 0 aliphatic rings. The van der Waals surface area contributed by atoms with Gasteiger partial charge in [0, 0.05) is 0 Å². The van der Waals surface area contributed by atoms with Crippen LogP contribution in [0.3, 0.4) is 0 Å². The lowest BCUT2D eigenvalue weighted by atomic mass is 10.2. The number of carbonyl (C=O) groups excluding carboxylic acids is 1. The quantitative estimate of drug-likeness (QED) is 0.787. The van der Waals surface area contributed by atoms with Gasteiger partial charge in [0.25, 0.3) is 0 Å². The highest BCUT2D eigenvalue weighted by molar-refractivity contribution is 5.87. The summed E-state index contributed by atoms with van der Waals surface area (Å²) in [5, 5.41) is 9.58. The average molecular weight is 215 g/mol. The van der Waals surface area contributed by atoms with Crippen molar-refractivity contribution in [3.8, 4) is 11.8 Å². The van der Waals surface area contributed by atoms with E-state index in [9.17, 15) is 4.79 Å². The molecule has 0 fully saturated rings. The molecule has 4 nitrogen and oxygen atoms in total. The maximum Gasteiger partial charge on any atom is 0.246 e. The Labute approximate surface area is 92.0 Å². The van der Waals surface area contributed by atoms with Gasteiger partial charge in [-0.05, 0) is 19.1 Å². The van der Waals surface area contributed by atoms with Gasteiger partial charge in [0.05, 0.1) is 5.39 Å². The Morgan fingerprint density at radius 3 is 2.94 bits per heavy atom. The largest absolute Gasteiger partial charge is 0.480 e. The number of ketones is 1. The van der Waals surface area contributed by atoms with Gasteiger partial charge in [0.1, 0.15) is 18.3 Å². The first-order valence-electron chi connectivity index (χ1n) is 4.76. The second kappa shape index (κ2) is 4.07.